The molecule has 0 aliphatic carbocycles. The Balaban J connectivity index is 2.16. The predicted octanol–water partition coefficient (Wildman–Crippen LogP) is 4.67. The molecule has 20 heavy (non-hydrogen) atoms. The van der Waals surface area contributed by atoms with Crippen molar-refractivity contribution in [2.75, 3.05) is 0 Å². The first-order valence-electron chi connectivity index (χ1n) is 5.75. The van der Waals surface area contributed by atoms with Crippen LogP contribution in [0, 0.1) is 0 Å². The van der Waals surface area contributed by atoms with Crippen molar-refractivity contribution in [3.63, 3.8) is 0 Å². The van der Waals surface area contributed by atoms with Crippen LogP contribution in [0.2, 0.25) is 5.02 Å². The minimum absolute atomic E-state index is 0.453. The third-order valence-corrected chi connectivity index (χ3v) is 3.20. The van der Waals surface area contributed by atoms with Crippen molar-refractivity contribution < 1.29 is 13.2 Å². The molecule has 3 aromatic rings. The van der Waals surface area contributed by atoms with E-state index in [-0.39, 0.29) is 0 Å². The highest BCUT2D eigenvalue weighted by molar-refractivity contribution is 6.30. The van der Waals surface area contributed by atoms with E-state index in [9.17, 15) is 13.2 Å². The summed E-state index contributed by atoms with van der Waals surface area (Å²) < 4.78 is 39.9. The third kappa shape index (κ3) is 2.25. The van der Waals surface area contributed by atoms with E-state index in [1.165, 1.54) is 12.3 Å². The summed E-state index contributed by atoms with van der Waals surface area (Å²) in [6.07, 6.45) is -1.15. The van der Waals surface area contributed by atoms with Gasteiger partial charge in [-0.2, -0.15) is 13.2 Å². The van der Waals surface area contributed by atoms with E-state index in [4.69, 9.17) is 11.6 Å². The first-order valence-corrected chi connectivity index (χ1v) is 6.13. The van der Waals surface area contributed by atoms with E-state index < -0.39 is 11.7 Å². The van der Waals surface area contributed by atoms with Gasteiger partial charge in [0, 0.05) is 22.8 Å². The Bertz CT molecular complexity index is 777. The molecule has 0 aliphatic heterocycles. The normalized spacial score (nSPS) is 12.0. The van der Waals surface area contributed by atoms with E-state index in [1.807, 2.05) is 0 Å². The maximum atomic E-state index is 12.7. The van der Waals surface area contributed by atoms with Crippen molar-refractivity contribution in [3.05, 3.63) is 59.4 Å². The van der Waals surface area contributed by atoms with Gasteiger partial charge in [0.15, 0.2) is 0 Å². The number of pyridine rings is 1. The van der Waals surface area contributed by atoms with Gasteiger partial charge in [0.25, 0.3) is 0 Å². The second kappa shape index (κ2) is 4.52. The number of imidazole rings is 1. The fraction of sp³-hybridized carbons (Fsp3) is 0.0714. The molecule has 0 N–H and O–H groups in total. The lowest BCUT2D eigenvalue weighted by atomic mass is 10.1. The van der Waals surface area contributed by atoms with Crippen LogP contribution < -0.4 is 0 Å². The molecule has 0 saturated carbocycles. The van der Waals surface area contributed by atoms with Crippen LogP contribution in [0.1, 0.15) is 5.56 Å². The largest absolute Gasteiger partial charge is 0.416 e. The second-order valence-corrected chi connectivity index (χ2v) is 4.73. The number of hydrogen-bond acceptors (Lipinski definition) is 1. The topological polar surface area (TPSA) is 17.3 Å². The number of aromatic nitrogens is 2. The fourth-order valence-corrected chi connectivity index (χ4v) is 2.18. The fourth-order valence-electron chi connectivity index (χ4n) is 2.02. The van der Waals surface area contributed by atoms with E-state index in [1.54, 1.807) is 28.8 Å². The average molecular weight is 297 g/mol. The summed E-state index contributed by atoms with van der Waals surface area (Å²) in [6.45, 7) is 0. The quantitative estimate of drug-likeness (QED) is 0.637. The lowest BCUT2D eigenvalue weighted by Crippen LogP contribution is -2.04. The third-order valence-electron chi connectivity index (χ3n) is 2.96. The molecule has 0 aliphatic rings. The second-order valence-electron chi connectivity index (χ2n) is 4.30. The first kappa shape index (κ1) is 13.0. The molecule has 0 radical (unpaired) electrons. The number of hydrogen-bond donors (Lipinski definition) is 0. The van der Waals surface area contributed by atoms with Crippen molar-refractivity contribution in [2.24, 2.45) is 0 Å². The van der Waals surface area contributed by atoms with Gasteiger partial charge >= 0.3 is 6.18 Å². The van der Waals surface area contributed by atoms with Gasteiger partial charge in [-0.1, -0.05) is 23.7 Å². The molecule has 0 saturated heterocycles. The van der Waals surface area contributed by atoms with E-state index in [0.29, 0.717) is 21.9 Å². The van der Waals surface area contributed by atoms with Gasteiger partial charge in [0.1, 0.15) is 5.65 Å². The predicted molar refractivity (Wildman–Crippen MR) is 70.6 cm³/mol. The van der Waals surface area contributed by atoms with E-state index in [2.05, 4.69) is 4.98 Å². The van der Waals surface area contributed by atoms with Gasteiger partial charge < -0.3 is 0 Å². The molecule has 6 heteroatoms. The molecule has 1 aromatic carbocycles. The van der Waals surface area contributed by atoms with E-state index >= 15 is 0 Å². The Morgan fingerprint density at radius 2 is 1.90 bits per heavy atom. The van der Waals surface area contributed by atoms with Crippen LogP contribution in [-0.2, 0) is 6.18 Å². The maximum absolute atomic E-state index is 12.7. The number of rotatable bonds is 1. The van der Waals surface area contributed by atoms with Crippen LogP contribution in [0.25, 0.3) is 16.9 Å². The molecule has 2 nitrogen and oxygen atoms in total. The Labute approximate surface area is 117 Å². The van der Waals surface area contributed by atoms with E-state index in [0.717, 1.165) is 12.1 Å². The molecular formula is C14H8ClF3N2. The summed E-state index contributed by atoms with van der Waals surface area (Å²) in [5.74, 6) is 0. The number of halogens is 4. The van der Waals surface area contributed by atoms with Crippen molar-refractivity contribution in [3.8, 4) is 11.3 Å². The molecule has 3 rings (SSSR count). The molecule has 0 bridgehead atoms. The van der Waals surface area contributed by atoms with Gasteiger partial charge in [0.2, 0.25) is 0 Å². The molecule has 102 valence electrons. The van der Waals surface area contributed by atoms with Gasteiger partial charge in [0.05, 0.1) is 17.5 Å². The molecule has 0 atom stereocenters. The van der Waals surface area contributed by atoms with Crippen LogP contribution in [0.3, 0.4) is 0 Å². The molecule has 2 aromatic heterocycles. The molecule has 0 spiro atoms. The van der Waals surface area contributed by atoms with Crippen molar-refractivity contribution in [2.45, 2.75) is 6.18 Å². The van der Waals surface area contributed by atoms with Crippen LogP contribution in [0.4, 0.5) is 13.2 Å². The summed E-state index contributed by atoms with van der Waals surface area (Å²) in [4.78, 5) is 4.14. The SMILES string of the molecule is FC(F)(F)c1cccc(-c2cnc3cc(Cl)ccn23)c1. The van der Waals surface area contributed by atoms with Crippen molar-refractivity contribution in [1.29, 1.82) is 0 Å². The summed E-state index contributed by atoms with van der Waals surface area (Å²) in [5.41, 5.74) is 0.946. The zero-order valence-electron chi connectivity index (χ0n) is 10.0. The van der Waals surface area contributed by atoms with Crippen molar-refractivity contribution in [1.82, 2.24) is 9.38 Å². The molecular weight excluding hydrogens is 289 g/mol. The molecule has 0 amide bonds. The molecule has 2 heterocycles. The number of alkyl halides is 3. The number of benzene rings is 1. The van der Waals surface area contributed by atoms with Crippen LogP contribution in [0.5, 0.6) is 0 Å². The maximum Gasteiger partial charge on any atom is 0.416 e. The summed E-state index contributed by atoms with van der Waals surface area (Å²) >= 11 is 5.86. The van der Waals surface area contributed by atoms with Gasteiger partial charge in [-0.15, -0.1) is 0 Å². The molecule has 0 fully saturated rings. The van der Waals surface area contributed by atoms with Crippen LogP contribution >= 0.6 is 11.6 Å². The number of nitrogens with zero attached hydrogens (tertiary/aromatic N) is 2. The molecule has 0 unspecified atom stereocenters. The Morgan fingerprint density at radius 1 is 1.10 bits per heavy atom. The lowest BCUT2D eigenvalue weighted by molar-refractivity contribution is -0.137. The summed E-state index contributed by atoms with van der Waals surface area (Å²) in [7, 11) is 0. The smallest absolute Gasteiger partial charge is 0.300 e. The summed E-state index contributed by atoms with van der Waals surface area (Å²) in [6, 6.07) is 8.47. The zero-order valence-corrected chi connectivity index (χ0v) is 10.8. The highest BCUT2D eigenvalue weighted by atomic mass is 35.5. The minimum Gasteiger partial charge on any atom is -0.300 e. The monoisotopic (exact) mass is 296 g/mol. The van der Waals surface area contributed by atoms with Crippen LogP contribution in [-0.4, -0.2) is 9.38 Å². The van der Waals surface area contributed by atoms with Crippen molar-refractivity contribution >= 4 is 17.2 Å². The van der Waals surface area contributed by atoms with Gasteiger partial charge in [-0.25, -0.2) is 4.98 Å². The number of fused-ring (bicyclic) bond motifs is 1. The van der Waals surface area contributed by atoms with Crippen LogP contribution in [0.15, 0.2) is 48.8 Å². The zero-order chi connectivity index (χ0) is 14.3. The first-order chi connectivity index (χ1) is 9.45. The Morgan fingerprint density at radius 3 is 2.65 bits per heavy atom. The van der Waals surface area contributed by atoms with Gasteiger partial charge in [-0.3, -0.25) is 4.40 Å². The standard InChI is InChI=1S/C14H8ClF3N2/c15-11-4-5-20-12(8-19-13(20)7-11)9-2-1-3-10(6-9)14(16,17)18/h1-8H. The summed E-state index contributed by atoms with van der Waals surface area (Å²) in [5, 5.41) is 0.527. The average Bonchev–Trinajstić information content (AvgIpc) is 2.80. The minimum atomic E-state index is -4.36. The van der Waals surface area contributed by atoms with Gasteiger partial charge in [-0.05, 0) is 18.2 Å². The highest BCUT2D eigenvalue weighted by Crippen LogP contribution is 2.32. The lowest BCUT2D eigenvalue weighted by Gasteiger charge is -2.08. The highest BCUT2D eigenvalue weighted by Gasteiger charge is 2.30. The Hall–Kier alpha value is -2.01. The Kier molecular flexibility index (Phi) is 2.94.